The molecule has 0 bridgehead atoms. The van der Waals surface area contributed by atoms with Crippen molar-refractivity contribution in [1.82, 2.24) is 0 Å². The number of benzene rings is 1. The van der Waals surface area contributed by atoms with Gasteiger partial charge in [-0.3, -0.25) is 4.55 Å². The third-order valence-corrected chi connectivity index (χ3v) is 2.88. The maximum Gasteiger partial charge on any atom is 2.00 e. The quantitative estimate of drug-likeness (QED) is 0.467. The second kappa shape index (κ2) is 9.57. The van der Waals surface area contributed by atoms with Crippen molar-refractivity contribution in [3.63, 3.8) is 0 Å². The first-order valence-electron chi connectivity index (χ1n) is 4.59. The second-order valence-corrected chi connectivity index (χ2v) is 4.63. The number of esters is 2. The molecule has 1 N–H and O–H groups in total. The normalized spacial score (nSPS) is 9.75. The van der Waals surface area contributed by atoms with Crippen molar-refractivity contribution in [2.45, 2.75) is 4.90 Å². The van der Waals surface area contributed by atoms with Gasteiger partial charge in [0, 0.05) is 0 Å². The van der Waals surface area contributed by atoms with Gasteiger partial charge in [0.1, 0.15) is 0 Å². The van der Waals surface area contributed by atoms with E-state index in [1.54, 1.807) is 0 Å². The van der Waals surface area contributed by atoms with Crippen LogP contribution < -0.4 is 0 Å². The number of methoxy groups -OCH3 is 2. The van der Waals surface area contributed by atoms with E-state index in [-0.39, 0.29) is 92.3 Å². The minimum Gasteiger partial charge on any atom is -1.00 e. The molecule has 0 radical (unpaired) electrons. The predicted octanol–water partition coefficient (Wildman–Crippen LogP) is 0.195. The van der Waals surface area contributed by atoms with Crippen LogP contribution in [-0.4, -0.2) is 115 Å². The summed E-state index contributed by atoms with van der Waals surface area (Å²) in [5, 5.41) is 0. The van der Waals surface area contributed by atoms with Crippen molar-refractivity contribution in [3.8, 4) is 0 Å². The molecule has 1 rings (SSSR count). The zero-order chi connectivity index (χ0) is 13.9. The fourth-order valence-electron chi connectivity index (χ4n) is 1.22. The number of hydrogen-bond acceptors (Lipinski definition) is 6. The number of hydrogen-bond donors (Lipinski definition) is 1. The van der Waals surface area contributed by atoms with Crippen LogP contribution in [0.25, 0.3) is 0 Å². The fraction of sp³-hybridized carbons (Fsp3) is 0.200. The Labute approximate surface area is 181 Å². The van der Waals surface area contributed by atoms with Crippen LogP contribution in [0.4, 0.5) is 0 Å². The molecule has 20 heavy (non-hydrogen) atoms. The largest absolute Gasteiger partial charge is 2.00 e. The minimum atomic E-state index is -4.55. The third-order valence-electron chi connectivity index (χ3n) is 2.05. The summed E-state index contributed by atoms with van der Waals surface area (Å²) in [4.78, 5) is 22.0. The summed E-state index contributed by atoms with van der Waals surface area (Å²) >= 11 is 0. The Balaban J connectivity index is -0.000000135. The first kappa shape index (κ1) is 22.9. The van der Waals surface area contributed by atoms with E-state index in [9.17, 15) is 18.0 Å². The molecule has 0 amide bonds. The van der Waals surface area contributed by atoms with E-state index < -0.39 is 27.0 Å². The van der Waals surface area contributed by atoms with E-state index in [1.807, 2.05) is 0 Å². The van der Waals surface area contributed by atoms with Gasteiger partial charge in [0.2, 0.25) is 0 Å². The molecule has 0 aliphatic heterocycles. The molecule has 0 aliphatic carbocycles. The van der Waals surface area contributed by atoms with Gasteiger partial charge in [-0.05, 0) is 18.2 Å². The minimum absolute atomic E-state index is 0. The molecule has 0 unspecified atom stereocenters. The van der Waals surface area contributed by atoms with Crippen molar-refractivity contribution in [3.05, 3.63) is 29.3 Å². The Morgan fingerprint density at radius 1 is 1.00 bits per heavy atom. The summed E-state index contributed by atoms with van der Waals surface area (Å²) in [5.41, 5.74) is -0.374. The van der Waals surface area contributed by atoms with Gasteiger partial charge in [0.25, 0.3) is 10.1 Å². The van der Waals surface area contributed by atoms with Crippen LogP contribution in [0.15, 0.2) is 23.1 Å². The molecule has 1 aromatic carbocycles. The average molecular weight is 358 g/mol. The van der Waals surface area contributed by atoms with Gasteiger partial charge >= 0.3 is 87.4 Å². The zero-order valence-corrected chi connectivity index (χ0v) is 16.2. The van der Waals surface area contributed by atoms with Gasteiger partial charge < -0.3 is 15.2 Å². The van der Waals surface area contributed by atoms with Gasteiger partial charge in [-0.2, -0.15) is 8.42 Å². The smallest absolute Gasteiger partial charge is 1.00 e. The van der Waals surface area contributed by atoms with Crippen molar-refractivity contribution < 1.29 is 37.7 Å². The van der Waals surface area contributed by atoms with E-state index in [1.165, 1.54) is 0 Å². The van der Waals surface area contributed by atoms with Gasteiger partial charge in [-0.25, -0.2) is 9.59 Å². The molecule has 10 heteroatoms. The predicted molar refractivity (Wildman–Crippen MR) is 74.9 cm³/mol. The van der Waals surface area contributed by atoms with Crippen molar-refractivity contribution in [1.29, 1.82) is 0 Å². The Morgan fingerprint density at radius 3 is 1.60 bits per heavy atom. The number of carbonyl (C=O) groups excluding carboxylic acids is 2. The van der Waals surface area contributed by atoms with Crippen LogP contribution in [0.2, 0.25) is 0 Å². The van der Waals surface area contributed by atoms with Crippen LogP contribution in [0.3, 0.4) is 0 Å². The van der Waals surface area contributed by atoms with Gasteiger partial charge in [0.15, 0.2) is 0 Å². The van der Waals surface area contributed by atoms with Crippen molar-refractivity contribution in [2.24, 2.45) is 0 Å². The molecular formula is C10H14Ca2O7S. The molecule has 106 valence electrons. The molecule has 0 fully saturated rings. The summed E-state index contributed by atoms with van der Waals surface area (Å²) < 4.78 is 39.7. The maximum absolute atomic E-state index is 11.3. The zero-order valence-electron chi connectivity index (χ0n) is 15.0. The average Bonchev–Trinajstić information content (AvgIpc) is 2.35. The summed E-state index contributed by atoms with van der Waals surface area (Å²) in [6.07, 6.45) is 0. The van der Waals surface area contributed by atoms with Crippen LogP contribution in [0, 0.1) is 0 Å². The number of rotatable bonds is 3. The van der Waals surface area contributed by atoms with Crippen LogP contribution in [0.5, 0.6) is 0 Å². The summed E-state index contributed by atoms with van der Waals surface area (Å²) in [6.45, 7) is 0. The van der Waals surface area contributed by atoms with E-state index >= 15 is 0 Å². The fourth-order valence-corrected chi connectivity index (χ4v) is 1.77. The molecule has 0 aromatic heterocycles. The summed E-state index contributed by atoms with van der Waals surface area (Å²) in [7, 11) is -2.35. The Kier molecular flexibility index (Phi) is 10.9. The molecule has 0 heterocycles. The van der Waals surface area contributed by atoms with E-state index in [2.05, 4.69) is 9.47 Å². The van der Waals surface area contributed by atoms with E-state index in [0.717, 1.165) is 32.4 Å². The molecule has 1 aromatic rings. The third kappa shape index (κ3) is 6.15. The van der Waals surface area contributed by atoms with E-state index in [4.69, 9.17) is 4.55 Å². The van der Waals surface area contributed by atoms with E-state index in [0.29, 0.717) is 0 Å². The van der Waals surface area contributed by atoms with Crippen LogP contribution in [0.1, 0.15) is 26.4 Å². The van der Waals surface area contributed by atoms with Gasteiger partial charge in [0.05, 0.1) is 30.2 Å². The maximum atomic E-state index is 11.3. The first-order valence-corrected chi connectivity index (χ1v) is 6.03. The monoisotopic (exact) mass is 358 g/mol. The Morgan fingerprint density at radius 2 is 1.35 bits per heavy atom. The van der Waals surface area contributed by atoms with Crippen molar-refractivity contribution in [2.75, 3.05) is 14.2 Å². The standard InChI is InChI=1S/C10H10O7S.2Ca.4H/c1-16-9(11)6-3-7(10(12)17-2)5-8(4-6)18(13,14)15;;;;;;/h3-5H,1-2H3,(H,13,14,15);;;;;;/q;2*+2;4*-1. The molecule has 0 saturated carbocycles. The van der Waals surface area contributed by atoms with Crippen molar-refractivity contribution >= 4 is 97.5 Å². The number of carbonyl (C=O) groups is 2. The summed E-state index contributed by atoms with van der Waals surface area (Å²) in [5.74, 6) is -1.68. The number of ether oxygens (including phenoxy) is 2. The second-order valence-electron chi connectivity index (χ2n) is 3.20. The Bertz CT molecular complexity index is 579. The SMILES string of the molecule is COC(=O)c1cc(C(=O)OC)cc(S(=O)(=O)O)c1.[Ca+2].[Ca+2].[H-].[H-].[H-].[H-]. The van der Waals surface area contributed by atoms with Crippen LogP contribution >= 0.6 is 0 Å². The molecule has 0 saturated heterocycles. The Hall–Kier alpha value is 0.589. The summed E-state index contributed by atoms with van der Waals surface area (Å²) in [6, 6.07) is 2.90. The van der Waals surface area contributed by atoms with Gasteiger partial charge in [-0.15, -0.1) is 0 Å². The molecular weight excluding hydrogens is 344 g/mol. The molecule has 0 atom stereocenters. The molecule has 0 aliphatic rings. The van der Waals surface area contributed by atoms with Gasteiger partial charge in [-0.1, -0.05) is 0 Å². The van der Waals surface area contributed by atoms with Crippen LogP contribution in [-0.2, 0) is 19.6 Å². The molecule has 0 spiro atoms. The topological polar surface area (TPSA) is 107 Å². The first-order chi connectivity index (χ1) is 8.29. The molecule has 7 nitrogen and oxygen atoms in total.